The van der Waals surface area contributed by atoms with Crippen molar-refractivity contribution >= 4 is 31.9 Å². The minimum Gasteiger partial charge on any atom is -0.337 e. The first kappa shape index (κ1) is 9.85. The van der Waals surface area contributed by atoms with E-state index in [-0.39, 0.29) is 0 Å². The molecule has 2 aromatic rings. The van der Waals surface area contributed by atoms with Crippen LogP contribution in [0.4, 0.5) is 0 Å². The predicted octanol–water partition coefficient (Wildman–Crippen LogP) is 2.15. The van der Waals surface area contributed by atoms with E-state index in [1.807, 2.05) is 6.07 Å². The minimum absolute atomic E-state index is 0.465. The van der Waals surface area contributed by atoms with E-state index in [0.29, 0.717) is 18.3 Å². The highest BCUT2D eigenvalue weighted by Crippen LogP contribution is 2.17. The molecule has 0 unspecified atom stereocenters. The highest BCUT2D eigenvalue weighted by molar-refractivity contribution is 9.11. The smallest absolute Gasteiger partial charge is 0.248 e. The molecule has 2 rings (SSSR count). The molecule has 0 aromatic carbocycles. The second-order valence-corrected chi connectivity index (χ2v) is 4.31. The minimum atomic E-state index is 0.465. The summed E-state index contributed by atoms with van der Waals surface area (Å²) in [5.74, 6) is 1.17. The van der Waals surface area contributed by atoms with Crippen LogP contribution >= 0.6 is 31.9 Å². The maximum atomic E-state index is 4.97. The lowest BCUT2D eigenvalue weighted by atomic mass is 10.6. The van der Waals surface area contributed by atoms with Crippen molar-refractivity contribution < 1.29 is 4.52 Å². The van der Waals surface area contributed by atoms with Crippen molar-refractivity contribution in [3.05, 3.63) is 27.0 Å². The maximum Gasteiger partial charge on any atom is 0.248 e. The molecule has 2 aromatic heterocycles. The van der Waals surface area contributed by atoms with Crippen LogP contribution in [0.15, 0.2) is 19.8 Å². The molecule has 0 spiro atoms. The lowest BCUT2D eigenvalue weighted by molar-refractivity contribution is 0.361. The van der Waals surface area contributed by atoms with Crippen LogP contribution in [0.5, 0.6) is 0 Å². The molecule has 0 N–H and O–H groups in total. The topological polar surface area (TPSA) is 56.7 Å². The fourth-order valence-corrected chi connectivity index (χ4v) is 2.14. The Morgan fingerprint density at radius 2 is 2.29 bits per heavy atom. The van der Waals surface area contributed by atoms with Gasteiger partial charge in [-0.25, -0.2) is 4.68 Å². The van der Waals surface area contributed by atoms with E-state index in [4.69, 9.17) is 4.52 Å². The van der Waals surface area contributed by atoms with Crippen molar-refractivity contribution in [3.8, 4) is 0 Å². The molecular weight excluding hydrogens is 316 g/mol. The molecule has 0 saturated heterocycles. The average Bonchev–Trinajstić information content (AvgIpc) is 2.61. The van der Waals surface area contributed by atoms with Gasteiger partial charge < -0.3 is 4.52 Å². The van der Waals surface area contributed by atoms with Crippen LogP contribution in [0, 0.1) is 6.92 Å². The molecule has 74 valence electrons. The number of hydrogen-bond donors (Lipinski definition) is 0. The van der Waals surface area contributed by atoms with Gasteiger partial charge in [0, 0.05) is 6.07 Å². The Labute approximate surface area is 96.7 Å². The zero-order valence-corrected chi connectivity index (χ0v) is 10.4. The standard InChI is InChI=1S/C7H6Br2N4O/c1-4-10-7(14-12-4)3-13-6(9)2-5(8)11-13/h2H,3H2,1H3. The van der Waals surface area contributed by atoms with Crippen LogP contribution in [0.3, 0.4) is 0 Å². The largest absolute Gasteiger partial charge is 0.337 e. The van der Waals surface area contributed by atoms with Gasteiger partial charge in [-0.3, -0.25) is 0 Å². The summed E-state index contributed by atoms with van der Waals surface area (Å²) in [6.45, 7) is 2.24. The number of hydrogen-bond acceptors (Lipinski definition) is 4. The Morgan fingerprint density at radius 1 is 1.50 bits per heavy atom. The van der Waals surface area contributed by atoms with Crippen LogP contribution in [0.25, 0.3) is 0 Å². The Hall–Kier alpha value is -0.690. The fraction of sp³-hybridized carbons (Fsp3) is 0.286. The molecule has 14 heavy (non-hydrogen) atoms. The fourth-order valence-electron chi connectivity index (χ4n) is 1.01. The first-order chi connectivity index (χ1) is 6.65. The third-order valence-electron chi connectivity index (χ3n) is 1.56. The van der Waals surface area contributed by atoms with E-state index < -0.39 is 0 Å². The lowest BCUT2D eigenvalue weighted by Crippen LogP contribution is -2.02. The summed E-state index contributed by atoms with van der Waals surface area (Å²) in [6.07, 6.45) is 0. The molecule has 2 heterocycles. The first-order valence-electron chi connectivity index (χ1n) is 3.83. The van der Waals surface area contributed by atoms with Crippen LogP contribution in [0.1, 0.15) is 11.7 Å². The van der Waals surface area contributed by atoms with Crippen molar-refractivity contribution in [1.29, 1.82) is 0 Å². The molecule has 0 amide bonds. The normalized spacial score (nSPS) is 10.8. The molecule has 7 heteroatoms. The highest BCUT2D eigenvalue weighted by atomic mass is 79.9. The lowest BCUT2D eigenvalue weighted by Gasteiger charge is -1.96. The molecule has 0 radical (unpaired) electrons. The van der Waals surface area contributed by atoms with E-state index in [0.717, 1.165) is 9.21 Å². The SMILES string of the molecule is Cc1noc(Cn2nc(Br)cc2Br)n1. The van der Waals surface area contributed by atoms with Gasteiger partial charge in [-0.05, 0) is 38.8 Å². The first-order valence-corrected chi connectivity index (χ1v) is 5.42. The van der Waals surface area contributed by atoms with Gasteiger partial charge in [-0.15, -0.1) is 0 Å². The monoisotopic (exact) mass is 320 g/mol. The second-order valence-electron chi connectivity index (χ2n) is 2.68. The summed E-state index contributed by atoms with van der Waals surface area (Å²) < 4.78 is 8.32. The average molecular weight is 322 g/mol. The Balaban J connectivity index is 2.22. The third-order valence-corrected chi connectivity index (χ3v) is 2.58. The zero-order chi connectivity index (χ0) is 10.1. The van der Waals surface area contributed by atoms with Crippen molar-refractivity contribution in [1.82, 2.24) is 19.9 Å². The van der Waals surface area contributed by atoms with Crippen molar-refractivity contribution in [3.63, 3.8) is 0 Å². The van der Waals surface area contributed by atoms with Crippen LogP contribution in [-0.4, -0.2) is 19.9 Å². The van der Waals surface area contributed by atoms with Crippen LogP contribution in [0.2, 0.25) is 0 Å². The van der Waals surface area contributed by atoms with Gasteiger partial charge in [-0.2, -0.15) is 10.1 Å². The van der Waals surface area contributed by atoms with Gasteiger partial charge in [-0.1, -0.05) is 5.16 Å². The molecule has 0 aliphatic carbocycles. The second kappa shape index (κ2) is 3.82. The van der Waals surface area contributed by atoms with Crippen LogP contribution in [-0.2, 0) is 6.54 Å². The number of aryl methyl sites for hydroxylation is 1. The molecule has 5 nitrogen and oxygen atoms in total. The summed E-state index contributed by atoms with van der Waals surface area (Å²) in [5.41, 5.74) is 0. The Bertz CT molecular complexity index is 450. The van der Waals surface area contributed by atoms with E-state index in [1.165, 1.54) is 0 Å². The summed E-state index contributed by atoms with van der Waals surface area (Å²) in [5, 5.41) is 7.87. The van der Waals surface area contributed by atoms with Crippen molar-refractivity contribution in [2.24, 2.45) is 0 Å². The van der Waals surface area contributed by atoms with Crippen molar-refractivity contribution in [2.45, 2.75) is 13.5 Å². The number of halogens is 2. The molecule has 0 bridgehead atoms. The quantitative estimate of drug-likeness (QED) is 0.850. The van der Waals surface area contributed by atoms with Crippen LogP contribution < -0.4 is 0 Å². The summed E-state index contributed by atoms with van der Waals surface area (Å²) in [7, 11) is 0. The maximum absolute atomic E-state index is 4.97. The highest BCUT2D eigenvalue weighted by Gasteiger charge is 2.08. The summed E-state index contributed by atoms with van der Waals surface area (Å²) in [4.78, 5) is 4.08. The molecule has 0 saturated carbocycles. The van der Waals surface area contributed by atoms with E-state index in [1.54, 1.807) is 11.6 Å². The molecule has 0 fully saturated rings. The molecular formula is C7H6Br2N4O. The van der Waals surface area contributed by atoms with Gasteiger partial charge in [0.2, 0.25) is 5.89 Å². The number of nitrogens with zero attached hydrogens (tertiary/aromatic N) is 4. The third kappa shape index (κ3) is 2.03. The molecule has 0 aliphatic rings. The van der Waals surface area contributed by atoms with Gasteiger partial charge >= 0.3 is 0 Å². The summed E-state index contributed by atoms with van der Waals surface area (Å²) >= 11 is 6.63. The van der Waals surface area contributed by atoms with Gasteiger partial charge in [0.25, 0.3) is 0 Å². The van der Waals surface area contributed by atoms with Crippen molar-refractivity contribution in [2.75, 3.05) is 0 Å². The summed E-state index contributed by atoms with van der Waals surface area (Å²) in [6, 6.07) is 1.85. The van der Waals surface area contributed by atoms with E-state index >= 15 is 0 Å². The molecule has 0 atom stereocenters. The number of aromatic nitrogens is 4. The zero-order valence-electron chi connectivity index (χ0n) is 7.24. The van der Waals surface area contributed by atoms with Gasteiger partial charge in [0.05, 0.1) is 0 Å². The van der Waals surface area contributed by atoms with E-state index in [9.17, 15) is 0 Å². The van der Waals surface area contributed by atoms with Gasteiger partial charge in [0.1, 0.15) is 15.8 Å². The van der Waals surface area contributed by atoms with Gasteiger partial charge in [0.15, 0.2) is 5.82 Å². The Kier molecular flexibility index (Phi) is 2.69. The predicted molar refractivity (Wildman–Crippen MR) is 55.8 cm³/mol. The molecule has 0 aliphatic heterocycles. The van der Waals surface area contributed by atoms with E-state index in [2.05, 4.69) is 47.1 Å². The number of rotatable bonds is 2. The Morgan fingerprint density at radius 3 is 2.79 bits per heavy atom.